The lowest BCUT2D eigenvalue weighted by Gasteiger charge is -2.23. The summed E-state index contributed by atoms with van der Waals surface area (Å²) in [5, 5.41) is 10.2. The highest BCUT2D eigenvalue weighted by atomic mass is 15.1. The summed E-state index contributed by atoms with van der Waals surface area (Å²) in [5.74, 6) is 1.08. The molecule has 0 spiro atoms. The summed E-state index contributed by atoms with van der Waals surface area (Å²) in [5.41, 5.74) is 19.0. The van der Waals surface area contributed by atoms with Crippen LogP contribution in [0.2, 0.25) is 0 Å². The molecule has 1 aliphatic rings. The van der Waals surface area contributed by atoms with Gasteiger partial charge in [0.05, 0.1) is 17.6 Å². The van der Waals surface area contributed by atoms with Gasteiger partial charge in [-0.1, -0.05) is 233 Å². The van der Waals surface area contributed by atoms with Crippen molar-refractivity contribution in [2.24, 2.45) is 0 Å². The lowest BCUT2D eigenvalue weighted by atomic mass is 9.80. The Morgan fingerprint density at radius 1 is 0.405 bits per heavy atom. The SMILES string of the molecule is CCc1nc2ccccc2n1-c1ccc(-c2c3ccccc3c(-c3ccccc3)c3ccccc23)cc1.[C-]#[N+]c1ccc2c(c1)C(C)(C)c1cc(-c3c4ccccc4c(-c4ccccc4)c4ccccc34)ccc1-2. The van der Waals surface area contributed by atoms with Crippen LogP contribution in [-0.2, 0) is 11.8 Å². The molecule has 1 aliphatic carbocycles. The molecule has 0 amide bonds. The minimum Gasteiger partial charge on any atom is -0.296 e. The third kappa shape index (κ3) is 7.21. The Hall–Kier alpha value is -9.36. The van der Waals surface area contributed by atoms with E-state index in [0.29, 0.717) is 5.69 Å². The molecule has 0 bridgehead atoms. The van der Waals surface area contributed by atoms with Crippen molar-refractivity contribution >= 4 is 59.8 Å². The number of hydrogen-bond acceptors (Lipinski definition) is 1. The van der Waals surface area contributed by atoms with E-state index in [1.165, 1.54) is 110 Å². The van der Waals surface area contributed by atoms with Crippen LogP contribution < -0.4 is 0 Å². The average molecular weight is 946 g/mol. The number of aromatic nitrogens is 2. The van der Waals surface area contributed by atoms with Gasteiger partial charge in [-0.3, -0.25) is 4.57 Å². The second-order valence-electron chi connectivity index (χ2n) is 19.9. The van der Waals surface area contributed by atoms with E-state index in [-0.39, 0.29) is 5.41 Å². The molecule has 3 heteroatoms. The maximum absolute atomic E-state index is 7.50. The number of nitrogens with zero attached hydrogens (tertiary/aromatic N) is 3. The first-order valence-corrected chi connectivity index (χ1v) is 25.6. The molecule has 0 N–H and O–H groups in total. The van der Waals surface area contributed by atoms with Crippen molar-refractivity contribution in [2.45, 2.75) is 32.6 Å². The summed E-state index contributed by atoms with van der Waals surface area (Å²) < 4.78 is 2.29. The van der Waals surface area contributed by atoms with Gasteiger partial charge in [-0.2, -0.15) is 0 Å². The number of rotatable bonds is 6. The Balaban J connectivity index is 0.000000143. The molecule has 13 aromatic rings. The first-order chi connectivity index (χ1) is 36.4. The zero-order valence-electron chi connectivity index (χ0n) is 41.6. The molecule has 3 nitrogen and oxygen atoms in total. The van der Waals surface area contributed by atoms with Gasteiger partial charge in [-0.05, 0) is 140 Å². The van der Waals surface area contributed by atoms with Crippen molar-refractivity contribution in [1.82, 2.24) is 9.55 Å². The predicted molar refractivity (Wildman–Crippen MR) is 312 cm³/mol. The van der Waals surface area contributed by atoms with Gasteiger partial charge in [0, 0.05) is 17.5 Å². The predicted octanol–water partition coefficient (Wildman–Crippen LogP) is 19.4. The second-order valence-corrected chi connectivity index (χ2v) is 19.9. The monoisotopic (exact) mass is 945 g/mol. The van der Waals surface area contributed by atoms with Gasteiger partial charge in [0.15, 0.2) is 5.69 Å². The number of fused-ring (bicyclic) bond motifs is 8. The van der Waals surface area contributed by atoms with Gasteiger partial charge in [0.25, 0.3) is 0 Å². The van der Waals surface area contributed by atoms with E-state index in [1.807, 2.05) is 6.07 Å². The van der Waals surface area contributed by atoms with Crippen LogP contribution >= 0.6 is 0 Å². The Kier molecular flexibility index (Phi) is 10.9. The molecule has 0 saturated carbocycles. The van der Waals surface area contributed by atoms with Gasteiger partial charge in [0.1, 0.15) is 5.82 Å². The smallest absolute Gasteiger partial charge is 0.187 e. The number of aryl methyl sites for hydroxylation is 1. The quantitative estimate of drug-likeness (QED) is 0.120. The fraction of sp³-hybridized carbons (Fsp3) is 0.0704. The van der Waals surface area contributed by atoms with Crippen LogP contribution in [0.5, 0.6) is 0 Å². The average Bonchev–Trinajstić information content (AvgIpc) is 3.95. The molecule has 14 rings (SSSR count). The molecule has 74 heavy (non-hydrogen) atoms. The van der Waals surface area contributed by atoms with Crippen molar-refractivity contribution in [3.8, 4) is 61.3 Å². The van der Waals surface area contributed by atoms with Crippen LogP contribution in [0.4, 0.5) is 5.69 Å². The second kappa shape index (κ2) is 18.0. The number of imidazole rings is 1. The van der Waals surface area contributed by atoms with Crippen molar-refractivity contribution in [1.29, 1.82) is 0 Å². The molecule has 0 fully saturated rings. The van der Waals surface area contributed by atoms with Crippen molar-refractivity contribution in [3.63, 3.8) is 0 Å². The van der Waals surface area contributed by atoms with E-state index in [0.717, 1.165) is 29.0 Å². The summed E-state index contributed by atoms with van der Waals surface area (Å²) in [4.78, 5) is 8.56. The summed E-state index contributed by atoms with van der Waals surface area (Å²) in [6.07, 6.45) is 0.882. The first kappa shape index (κ1) is 44.6. The Bertz CT molecular complexity index is 4250. The molecular weight excluding hydrogens is 895 g/mol. The third-order valence-corrected chi connectivity index (χ3v) is 15.4. The van der Waals surface area contributed by atoms with E-state index in [2.05, 4.69) is 267 Å². The summed E-state index contributed by atoms with van der Waals surface area (Å²) in [6.45, 7) is 14.2. The molecular formula is C71H51N3. The van der Waals surface area contributed by atoms with E-state index >= 15 is 0 Å². The fourth-order valence-corrected chi connectivity index (χ4v) is 12.0. The van der Waals surface area contributed by atoms with Crippen LogP contribution in [0.25, 0.3) is 120 Å². The molecule has 0 aliphatic heterocycles. The summed E-state index contributed by atoms with van der Waals surface area (Å²) >= 11 is 0. The standard InChI is InChI=1S/C36H25N.C35H26N2/c1-36(2)32-21-24(17-19-26(32)27-20-18-25(37-3)22-33(27)36)35-30-15-9-7-13-28(30)34(23-11-5-4-6-12-23)29-14-8-10-16-31(29)35;1-2-33-36-31-18-10-11-19-32(31)37(33)26-22-20-25(21-23-26)35-29-16-8-6-14-27(29)34(24-12-4-3-5-13-24)28-15-7-9-17-30(28)35/h4-22H,1-2H3;3-23H,2H2,1H3. The molecule has 1 heterocycles. The van der Waals surface area contributed by atoms with Gasteiger partial charge >= 0.3 is 0 Å². The van der Waals surface area contributed by atoms with E-state index in [1.54, 1.807) is 0 Å². The lowest BCUT2D eigenvalue weighted by molar-refractivity contribution is 0.661. The van der Waals surface area contributed by atoms with Gasteiger partial charge in [-0.15, -0.1) is 0 Å². The lowest BCUT2D eigenvalue weighted by Crippen LogP contribution is -2.15. The Morgan fingerprint density at radius 3 is 1.24 bits per heavy atom. The van der Waals surface area contributed by atoms with E-state index in [9.17, 15) is 0 Å². The minimum absolute atomic E-state index is 0.170. The highest BCUT2D eigenvalue weighted by Crippen LogP contribution is 2.52. The molecule has 0 radical (unpaired) electrons. The van der Waals surface area contributed by atoms with Gasteiger partial charge in [-0.25, -0.2) is 9.83 Å². The number of para-hydroxylation sites is 2. The summed E-state index contributed by atoms with van der Waals surface area (Å²) in [6, 6.07) is 87.2. The molecule has 350 valence electrons. The van der Waals surface area contributed by atoms with Crippen LogP contribution in [0.15, 0.2) is 243 Å². The minimum atomic E-state index is -0.170. The van der Waals surface area contributed by atoms with Crippen molar-refractivity contribution in [2.75, 3.05) is 0 Å². The zero-order valence-corrected chi connectivity index (χ0v) is 41.6. The normalized spacial score (nSPS) is 12.4. The molecule has 1 aromatic heterocycles. The van der Waals surface area contributed by atoms with Gasteiger partial charge in [0.2, 0.25) is 0 Å². The molecule has 0 unspecified atom stereocenters. The first-order valence-electron chi connectivity index (χ1n) is 25.6. The number of hydrogen-bond donors (Lipinski definition) is 0. The zero-order chi connectivity index (χ0) is 49.9. The van der Waals surface area contributed by atoms with E-state index in [4.69, 9.17) is 11.6 Å². The Labute approximate surface area is 432 Å². The van der Waals surface area contributed by atoms with Crippen LogP contribution in [0.1, 0.15) is 37.7 Å². The topological polar surface area (TPSA) is 22.2 Å². The van der Waals surface area contributed by atoms with Crippen LogP contribution in [0.3, 0.4) is 0 Å². The highest BCUT2D eigenvalue weighted by Gasteiger charge is 2.36. The largest absolute Gasteiger partial charge is 0.296 e. The van der Waals surface area contributed by atoms with Gasteiger partial charge < -0.3 is 0 Å². The highest BCUT2D eigenvalue weighted by molar-refractivity contribution is 6.23. The van der Waals surface area contributed by atoms with E-state index < -0.39 is 0 Å². The summed E-state index contributed by atoms with van der Waals surface area (Å²) in [7, 11) is 0. The fourth-order valence-electron chi connectivity index (χ4n) is 12.0. The third-order valence-electron chi connectivity index (χ3n) is 15.4. The molecule has 0 atom stereocenters. The number of benzene rings is 12. The van der Waals surface area contributed by atoms with Crippen molar-refractivity contribution < 1.29 is 0 Å². The van der Waals surface area contributed by atoms with Crippen LogP contribution in [0, 0.1) is 6.57 Å². The van der Waals surface area contributed by atoms with Crippen molar-refractivity contribution in [3.05, 3.63) is 271 Å². The van der Waals surface area contributed by atoms with Crippen LogP contribution in [-0.4, -0.2) is 9.55 Å². The molecule has 12 aromatic carbocycles. The Morgan fingerprint density at radius 2 is 0.784 bits per heavy atom. The maximum Gasteiger partial charge on any atom is 0.187 e. The molecule has 0 saturated heterocycles. The maximum atomic E-state index is 7.50.